The Morgan fingerprint density at radius 3 is 2.33 bits per heavy atom. The first-order chi connectivity index (χ1) is 24.8. The van der Waals surface area contributed by atoms with Crippen LogP contribution in [0.3, 0.4) is 0 Å². The number of hydrogen-bond donors (Lipinski definition) is 5. The van der Waals surface area contributed by atoms with Gasteiger partial charge in [0.25, 0.3) is 26.1 Å². The smallest absolute Gasteiger partial charge is 0.296 e. The first-order valence-corrected chi connectivity index (χ1v) is 19.1. The lowest BCUT2D eigenvalue weighted by atomic mass is 9.93. The Labute approximate surface area is 303 Å². The summed E-state index contributed by atoms with van der Waals surface area (Å²) in [6.07, 6.45) is 4.23. The minimum absolute atomic E-state index is 0.0156. The number of halogens is 1. The molecule has 268 valence electrons. The third-order valence-corrected chi connectivity index (χ3v) is 10.2. The second-order valence-electron chi connectivity index (χ2n) is 11.7. The molecule has 0 radical (unpaired) electrons. The molecule has 0 aliphatic heterocycles. The van der Waals surface area contributed by atoms with Gasteiger partial charge in [0.2, 0.25) is 5.78 Å². The maximum absolute atomic E-state index is 14.4. The van der Waals surface area contributed by atoms with E-state index in [-0.39, 0.29) is 22.3 Å². The first kappa shape index (κ1) is 36.4. The number of aryl methyl sites for hydroxylation is 1. The third-order valence-electron chi connectivity index (χ3n) is 8.11. The fourth-order valence-electron chi connectivity index (χ4n) is 5.65. The number of carbonyl (C=O) groups excluding carboxylic acids is 2. The Kier molecular flexibility index (Phi) is 10.3. The molecule has 0 unspecified atom stereocenters. The van der Waals surface area contributed by atoms with E-state index >= 15 is 0 Å². The van der Waals surface area contributed by atoms with Gasteiger partial charge in [-0.2, -0.15) is 21.9 Å². The number of anilines is 3. The number of aromatic nitrogens is 2. The van der Waals surface area contributed by atoms with Crippen molar-refractivity contribution in [2.24, 2.45) is 5.10 Å². The van der Waals surface area contributed by atoms with Crippen LogP contribution in [0.25, 0.3) is 17.1 Å². The summed E-state index contributed by atoms with van der Waals surface area (Å²) in [7, 11) is -9.99. The molecule has 5 aromatic rings. The molecular formula is C35H31ClN6O8S2. The van der Waals surface area contributed by atoms with Crippen molar-refractivity contribution in [1.82, 2.24) is 9.66 Å². The van der Waals surface area contributed by atoms with E-state index in [4.69, 9.17) is 16.6 Å². The second kappa shape index (κ2) is 14.7. The number of imidazole rings is 1. The molecule has 0 atom stereocenters. The summed E-state index contributed by atoms with van der Waals surface area (Å²) in [6.45, 7) is 2.06. The van der Waals surface area contributed by atoms with E-state index in [2.05, 4.69) is 28.2 Å². The van der Waals surface area contributed by atoms with Crippen molar-refractivity contribution < 1.29 is 35.5 Å². The maximum Gasteiger partial charge on any atom is 0.296 e. The molecule has 5 N–H and O–H groups in total. The van der Waals surface area contributed by atoms with Crippen molar-refractivity contribution in [2.45, 2.75) is 37.5 Å². The number of rotatable bonds is 12. The minimum atomic E-state index is -5.09. The van der Waals surface area contributed by atoms with Gasteiger partial charge in [0.15, 0.2) is 5.71 Å². The molecule has 52 heavy (non-hydrogen) atoms. The van der Waals surface area contributed by atoms with Crippen LogP contribution in [0.4, 0.5) is 17.1 Å². The van der Waals surface area contributed by atoms with E-state index in [1.807, 2.05) is 0 Å². The summed E-state index contributed by atoms with van der Waals surface area (Å²) in [6, 6.07) is 21.5. The predicted molar refractivity (Wildman–Crippen MR) is 199 cm³/mol. The van der Waals surface area contributed by atoms with Crippen molar-refractivity contribution in [1.29, 1.82) is 0 Å². The highest BCUT2D eigenvalue weighted by molar-refractivity contribution is 7.91. The number of unbranched alkanes of at least 4 members (excludes halogenated alkanes) is 2. The molecule has 1 amide bonds. The van der Waals surface area contributed by atoms with Crippen LogP contribution in [-0.2, 0) is 26.7 Å². The topological polar surface area (TPSA) is 209 Å². The molecule has 0 saturated carbocycles. The van der Waals surface area contributed by atoms with Gasteiger partial charge in [-0.3, -0.25) is 29.5 Å². The Hall–Kier alpha value is -5.39. The predicted octanol–water partition coefficient (Wildman–Crippen LogP) is 6.69. The van der Waals surface area contributed by atoms with E-state index in [1.165, 1.54) is 12.1 Å². The Morgan fingerprint density at radius 2 is 1.63 bits per heavy atom. The van der Waals surface area contributed by atoms with Gasteiger partial charge in [-0.25, -0.2) is 9.66 Å². The van der Waals surface area contributed by atoms with Crippen molar-refractivity contribution in [3.05, 3.63) is 117 Å². The molecular weight excluding hydrogens is 732 g/mol. The zero-order valence-corrected chi connectivity index (χ0v) is 29.8. The summed E-state index contributed by atoms with van der Waals surface area (Å²) in [5, 5.41) is 6.97. The molecule has 17 heteroatoms. The van der Waals surface area contributed by atoms with Crippen LogP contribution >= 0.6 is 11.6 Å². The second-order valence-corrected chi connectivity index (χ2v) is 14.9. The van der Waals surface area contributed by atoms with Gasteiger partial charge in [-0.05, 0) is 66.6 Å². The monoisotopic (exact) mass is 762 g/mol. The van der Waals surface area contributed by atoms with Gasteiger partial charge in [0, 0.05) is 17.7 Å². The quantitative estimate of drug-likeness (QED) is 0.0514. The largest absolute Gasteiger partial charge is 0.322 e. The van der Waals surface area contributed by atoms with Crippen LogP contribution in [0, 0.1) is 0 Å². The summed E-state index contributed by atoms with van der Waals surface area (Å²) in [5.41, 5.74) is 6.04. The standard InChI is InChI=1S/C35H31ClN6O8S2/c1-2-3-5-14-30-38-26-17-15-22-19-29(52(48,49)50)32(34(43)31(22)33(26)42(30)41-25-13-9-8-12-24(25)36)40-39-27-20-23(16-18-28(27)51(45,46)47)37-35(44)21-10-6-4-7-11-21/h4,6-13,15-20,39,41H,2-3,5,14H2,1H3,(H,37,44)(H,45,46,47)(H,48,49,50). The molecule has 0 fully saturated rings. The Morgan fingerprint density at radius 1 is 0.904 bits per heavy atom. The lowest BCUT2D eigenvalue weighted by molar-refractivity contribution is 0.102. The highest BCUT2D eigenvalue weighted by Gasteiger charge is 2.36. The van der Waals surface area contributed by atoms with Gasteiger partial charge in [-0.15, -0.1) is 0 Å². The fraction of sp³-hybridized carbons (Fsp3) is 0.143. The number of amides is 1. The summed E-state index contributed by atoms with van der Waals surface area (Å²) < 4.78 is 71.7. The lowest BCUT2D eigenvalue weighted by Crippen LogP contribution is -2.28. The number of benzene rings is 4. The minimum Gasteiger partial charge on any atom is -0.322 e. The van der Waals surface area contributed by atoms with Gasteiger partial charge in [0.1, 0.15) is 21.1 Å². The molecule has 4 aromatic carbocycles. The Balaban J connectivity index is 1.48. The van der Waals surface area contributed by atoms with Crippen LogP contribution in [-0.4, -0.2) is 53.0 Å². The fourth-order valence-corrected chi connectivity index (χ4v) is 7.11. The number of carbonyl (C=O) groups is 2. The summed E-state index contributed by atoms with van der Waals surface area (Å²) in [4.78, 5) is 30.4. The zero-order valence-electron chi connectivity index (χ0n) is 27.4. The molecule has 1 heterocycles. The van der Waals surface area contributed by atoms with Crippen LogP contribution in [0.5, 0.6) is 0 Å². The number of Topliss-reactive ketones (excluding diaryl/α,β-unsaturated/α-hetero) is 1. The highest BCUT2D eigenvalue weighted by atomic mass is 35.5. The van der Waals surface area contributed by atoms with Gasteiger partial charge in [0.05, 0.1) is 27.5 Å². The van der Waals surface area contributed by atoms with Crippen LogP contribution in [0.1, 0.15) is 58.3 Å². The van der Waals surface area contributed by atoms with E-state index in [0.717, 1.165) is 37.5 Å². The summed E-state index contributed by atoms with van der Waals surface area (Å²) in [5.74, 6) is -0.918. The molecule has 6 rings (SSSR count). The molecule has 1 aliphatic rings. The molecule has 0 saturated heterocycles. The van der Waals surface area contributed by atoms with E-state index < -0.39 is 53.1 Å². The van der Waals surface area contributed by atoms with Crippen LogP contribution in [0.15, 0.2) is 99.8 Å². The average Bonchev–Trinajstić information content (AvgIpc) is 3.45. The number of hydrazone groups is 1. The van der Waals surface area contributed by atoms with Gasteiger partial charge >= 0.3 is 0 Å². The highest BCUT2D eigenvalue weighted by Crippen LogP contribution is 2.34. The molecule has 0 spiro atoms. The van der Waals surface area contributed by atoms with Crippen LogP contribution < -0.4 is 16.2 Å². The first-order valence-electron chi connectivity index (χ1n) is 15.9. The normalized spacial score (nSPS) is 13.9. The summed E-state index contributed by atoms with van der Waals surface area (Å²) >= 11 is 6.47. The van der Waals surface area contributed by atoms with Crippen molar-refractivity contribution in [3.8, 4) is 0 Å². The van der Waals surface area contributed by atoms with E-state index in [9.17, 15) is 35.5 Å². The number of ketones is 1. The third kappa shape index (κ3) is 7.61. The average molecular weight is 763 g/mol. The lowest BCUT2D eigenvalue weighted by Gasteiger charge is -2.20. The maximum atomic E-state index is 14.4. The van der Waals surface area contributed by atoms with Crippen molar-refractivity contribution >= 4 is 83.4 Å². The van der Waals surface area contributed by atoms with Crippen molar-refractivity contribution in [3.63, 3.8) is 0 Å². The van der Waals surface area contributed by atoms with Gasteiger partial charge < -0.3 is 5.32 Å². The number of hydrogen-bond acceptors (Lipinski definition) is 10. The number of fused-ring (bicyclic) bond motifs is 3. The number of allylic oxidation sites excluding steroid dienone is 1. The molecule has 0 bridgehead atoms. The zero-order chi connectivity index (χ0) is 37.2. The van der Waals surface area contributed by atoms with Gasteiger partial charge in [-0.1, -0.05) is 67.8 Å². The van der Waals surface area contributed by atoms with Crippen molar-refractivity contribution in [2.75, 3.05) is 16.2 Å². The van der Waals surface area contributed by atoms with E-state index in [1.54, 1.807) is 65.3 Å². The molecule has 1 aromatic heterocycles. The number of para-hydroxylation sites is 1. The molecule has 1 aliphatic carbocycles. The number of nitrogens with one attached hydrogen (secondary N) is 3. The van der Waals surface area contributed by atoms with Crippen LogP contribution in [0.2, 0.25) is 5.02 Å². The SMILES string of the molecule is CCCCCc1nc2ccc3c(c2n1Nc1ccccc1Cl)C(=O)C(=NNc1cc(NC(=O)c2ccccc2)ccc1S(=O)(=O)O)C(S(=O)(=O)O)=C3. The number of nitrogens with zero attached hydrogens (tertiary/aromatic N) is 3. The van der Waals surface area contributed by atoms with E-state index in [0.29, 0.717) is 34.0 Å². The molecule has 14 nitrogen and oxygen atoms in total. The Bertz CT molecular complexity index is 2520.